The average molecular weight is 699 g/mol. The number of cyclic esters (lactones) is 1. The number of carbonyl (C=O) groups is 2. The van der Waals surface area contributed by atoms with Crippen molar-refractivity contribution in [3.05, 3.63) is 54.1 Å². The van der Waals surface area contributed by atoms with Gasteiger partial charge < -0.3 is 23.1 Å². The van der Waals surface area contributed by atoms with Crippen molar-refractivity contribution in [2.45, 2.75) is 137 Å². The molecule has 48 heavy (non-hydrogen) atoms. The molecule has 0 spiro atoms. The van der Waals surface area contributed by atoms with Gasteiger partial charge in [-0.3, -0.25) is 0 Å². The number of esters is 2. The number of rotatable bonds is 11. The Morgan fingerprint density at radius 2 is 1.67 bits per heavy atom. The second-order valence-electron chi connectivity index (χ2n) is 17.1. The van der Waals surface area contributed by atoms with Gasteiger partial charge in [-0.05, 0) is 93.2 Å². The molecule has 4 rings (SSSR count). The van der Waals surface area contributed by atoms with E-state index >= 15 is 0 Å². The van der Waals surface area contributed by atoms with Crippen LogP contribution in [0.2, 0.25) is 26.2 Å². The van der Waals surface area contributed by atoms with Crippen LogP contribution in [-0.2, 0) is 27.9 Å². The predicted molar refractivity (Wildman–Crippen MR) is 197 cm³/mol. The SMILES string of the molecule is CC(Oc1ccccc1)C(=O)O[C@H]1C[C@H](C(C)(C)C)C=C2C=C[C@H](C)[C@](CC[C@@H]3C[C@H](C(C)(C)C)C(O[SiH](C)C)C(=O)O3)(O[SiH](C)C)[C@H]21. The fourth-order valence-electron chi connectivity index (χ4n) is 7.91. The van der Waals surface area contributed by atoms with Gasteiger partial charge in [0.2, 0.25) is 0 Å². The lowest BCUT2D eigenvalue weighted by Gasteiger charge is -2.54. The predicted octanol–water partition coefficient (Wildman–Crippen LogP) is 8.05. The van der Waals surface area contributed by atoms with Gasteiger partial charge in [0.05, 0.1) is 5.60 Å². The fraction of sp³-hybridized carbons (Fsp3) is 0.692. The van der Waals surface area contributed by atoms with E-state index in [9.17, 15) is 9.59 Å². The van der Waals surface area contributed by atoms with Crippen molar-refractivity contribution in [3.63, 3.8) is 0 Å². The Bertz CT molecular complexity index is 1310. The van der Waals surface area contributed by atoms with Crippen LogP contribution in [0.25, 0.3) is 0 Å². The molecule has 1 aromatic rings. The molecule has 0 amide bonds. The van der Waals surface area contributed by atoms with Crippen LogP contribution in [0.4, 0.5) is 0 Å². The molecule has 268 valence electrons. The molecular formula is C39H62O7Si2. The number of para-hydroxylation sites is 1. The maximum absolute atomic E-state index is 13.8. The first-order chi connectivity index (χ1) is 22.3. The van der Waals surface area contributed by atoms with Crippen LogP contribution in [0.3, 0.4) is 0 Å². The number of hydrogen-bond acceptors (Lipinski definition) is 7. The van der Waals surface area contributed by atoms with Gasteiger partial charge in [-0.15, -0.1) is 0 Å². The molecule has 0 aromatic heterocycles. The Hall–Kier alpha value is -2.21. The molecule has 9 heteroatoms. The third-order valence-corrected chi connectivity index (χ3v) is 12.2. The minimum atomic E-state index is -1.60. The topological polar surface area (TPSA) is 80.3 Å². The Balaban J connectivity index is 1.67. The lowest BCUT2D eigenvalue weighted by Crippen LogP contribution is -2.58. The summed E-state index contributed by atoms with van der Waals surface area (Å²) in [7, 11) is -3.05. The van der Waals surface area contributed by atoms with Gasteiger partial charge in [0, 0.05) is 17.8 Å². The van der Waals surface area contributed by atoms with Gasteiger partial charge in [0.25, 0.3) is 0 Å². The van der Waals surface area contributed by atoms with E-state index in [0.717, 1.165) is 6.42 Å². The highest BCUT2D eigenvalue weighted by Crippen LogP contribution is 2.53. The van der Waals surface area contributed by atoms with Crippen molar-refractivity contribution >= 4 is 30.0 Å². The Morgan fingerprint density at radius 3 is 2.25 bits per heavy atom. The molecule has 0 bridgehead atoms. The van der Waals surface area contributed by atoms with Gasteiger partial charge in [0.1, 0.15) is 24.1 Å². The number of ether oxygens (including phenoxy) is 3. The fourth-order valence-corrected chi connectivity index (χ4v) is 10.1. The molecule has 9 atom stereocenters. The Labute approximate surface area is 293 Å². The van der Waals surface area contributed by atoms with Crippen molar-refractivity contribution in [3.8, 4) is 5.75 Å². The Kier molecular flexibility index (Phi) is 12.3. The molecule has 7 nitrogen and oxygen atoms in total. The second-order valence-corrected chi connectivity index (χ2v) is 21.8. The molecule has 1 heterocycles. The van der Waals surface area contributed by atoms with Crippen LogP contribution >= 0.6 is 0 Å². The first-order valence-electron chi connectivity index (χ1n) is 18.2. The van der Waals surface area contributed by atoms with Crippen molar-refractivity contribution in [2.75, 3.05) is 0 Å². The zero-order valence-corrected chi connectivity index (χ0v) is 33.9. The minimum absolute atomic E-state index is 0.0161. The summed E-state index contributed by atoms with van der Waals surface area (Å²) in [5.41, 5.74) is 0.439. The number of hydrogen-bond donors (Lipinski definition) is 0. The van der Waals surface area contributed by atoms with E-state index in [4.69, 9.17) is 23.1 Å². The molecular weight excluding hydrogens is 637 g/mol. The number of carbonyl (C=O) groups excluding carboxylic acids is 2. The molecule has 2 unspecified atom stereocenters. The lowest BCUT2D eigenvalue weighted by atomic mass is 9.59. The van der Waals surface area contributed by atoms with E-state index < -0.39 is 42.0 Å². The van der Waals surface area contributed by atoms with Crippen molar-refractivity contribution in [1.29, 1.82) is 0 Å². The number of fused-ring (bicyclic) bond motifs is 1. The first-order valence-corrected chi connectivity index (χ1v) is 23.7. The summed E-state index contributed by atoms with van der Waals surface area (Å²) < 4.78 is 32.2. The average Bonchev–Trinajstić information content (AvgIpc) is 2.97. The smallest absolute Gasteiger partial charge is 0.347 e. The van der Waals surface area contributed by atoms with Crippen LogP contribution < -0.4 is 4.74 Å². The Morgan fingerprint density at radius 1 is 1.00 bits per heavy atom. The summed E-state index contributed by atoms with van der Waals surface area (Å²) in [5.74, 6) is 0.228. The van der Waals surface area contributed by atoms with Crippen LogP contribution in [0, 0.1) is 34.5 Å². The van der Waals surface area contributed by atoms with Crippen LogP contribution in [-0.4, -0.2) is 60.0 Å². The second kappa shape index (κ2) is 15.4. The monoisotopic (exact) mass is 698 g/mol. The van der Waals surface area contributed by atoms with Gasteiger partial charge in [-0.25, -0.2) is 9.59 Å². The van der Waals surface area contributed by atoms with Gasteiger partial charge >= 0.3 is 11.9 Å². The molecule has 1 aromatic carbocycles. The molecule has 2 aliphatic carbocycles. The van der Waals surface area contributed by atoms with Gasteiger partial charge in [0.15, 0.2) is 24.2 Å². The van der Waals surface area contributed by atoms with E-state index in [1.165, 1.54) is 5.57 Å². The standard InChI is InChI=1S/C39H62O7Si2/c1-25-18-19-27-22-28(37(3,4)5)23-32(44-35(40)26(2)42-29-16-14-13-15-17-29)33(27)39(25,46-48(11)12)21-20-30-24-31(38(6,7)8)34(36(41)43-30)45-47(9)10/h13-19,22,25-26,28,30-34,47-48H,20-21,23-24H2,1-12H3/t25-,26?,28+,30+,31-,32-,33+,34?,39-/m0/s1. The van der Waals surface area contributed by atoms with E-state index in [1.807, 2.05) is 30.3 Å². The molecule has 3 aliphatic rings. The van der Waals surface area contributed by atoms with E-state index in [0.29, 0.717) is 25.0 Å². The summed E-state index contributed by atoms with van der Waals surface area (Å²) in [6, 6.07) is 9.40. The van der Waals surface area contributed by atoms with E-state index in [-0.39, 0.29) is 52.5 Å². The maximum atomic E-state index is 13.8. The molecule has 0 N–H and O–H groups in total. The summed E-state index contributed by atoms with van der Waals surface area (Å²) in [4.78, 5) is 27.2. The van der Waals surface area contributed by atoms with Crippen molar-refractivity contribution in [2.24, 2.45) is 34.5 Å². The highest BCUT2D eigenvalue weighted by atomic mass is 28.3. The van der Waals surface area contributed by atoms with Crippen molar-refractivity contribution < 1.29 is 32.7 Å². The normalized spacial score (nSPS) is 31.6. The third-order valence-electron chi connectivity index (χ3n) is 10.5. The zero-order chi connectivity index (χ0) is 35.6. The number of benzene rings is 1. The zero-order valence-electron chi connectivity index (χ0n) is 31.6. The van der Waals surface area contributed by atoms with Crippen LogP contribution in [0.5, 0.6) is 5.75 Å². The first kappa shape index (κ1) is 38.6. The largest absolute Gasteiger partial charge is 0.479 e. The van der Waals surface area contributed by atoms with E-state index in [1.54, 1.807) is 6.92 Å². The molecule has 1 fully saturated rings. The molecule has 1 aliphatic heterocycles. The molecule has 0 radical (unpaired) electrons. The van der Waals surface area contributed by atoms with Gasteiger partial charge in [-0.1, -0.05) is 84.9 Å². The molecule has 0 saturated carbocycles. The summed E-state index contributed by atoms with van der Waals surface area (Å²) in [5, 5.41) is 0. The maximum Gasteiger partial charge on any atom is 0.347 e. The number of allylic oxidation sites excluding steroid dienone is 2. The highest BCUT2D eigenvalue weighted by Gasteiger charge is 2.55. The minimum Gasteiger partial charge on any atom is -0.479 e. The van der Waals surface area contributed by atoms with E-state index in [2.05, 4.69) is 92.9 Å². The van der Waals surface area contributed by atoms with Crippen LogP contribution in [0.1, 0.15) is 81.1 Å². The lowest BCUT2D eigenvalue weighted by molar-refractivity contribution is -0.180. The molecule has 1 saturated heterocycles. The summed E-state index contributed by atoms with van der Waals surface area (Å²) in [6.45, 7) is 25.9. The third kappa shape index (κ3) is 9.12. The van der Waals surface area contributed by atoms with Crippen LogP contribution in [0.15, 0.2) is 54.1 Å². The van der Waals surface area contributed by atoms with Gasteiger partial charge in [-0.2, -0.15) is 0 Å². The quantitative estimate of drug-likeness (QED) is 0.171. The highest BCUT2D eigenvalue weighted by molar-refractivity contribution is 6.49. The van der Waals surface area contributed by atoms with Crippen molar-refractivity contribution in [1.82, 2.24) is 0 Å². The summed E-state index contributed by atoms with van der Waals surface area (Å²) >= 11 is 0. The summed E-state index contributed by atoms with van der Waals surface area (Å²) in [6.07, 6.45) is 7.82.